The molecule has 0 saturated heterocycles. The second-order valence-corrected chi connectivity index (χ2v) is 8.71. The standard InChI is InChI=1S/C18H15ClN4O4S/c1-23(28(2,25)26)15-6-11(7-21-18(15)19)10-3-4-13-12(5-10)17-14(8-20-13)22-16(24)9-27-17/h3-8H,9H2,1-2H3,(H,22,24). The topological polar surface area (TPSA) is 101 Å². The number of ether oxygens (including phenoxy) is 1. The van der Waals surface area contributed by atoms with Crippen LogP contribution in [0.2, 0.25) is 5.15 Å². The van der Waals surface area contributed by atoms with Gasteiger partial charge in [0.05, 0.1) is 23.7 Å². The van der Waals surface area contributed by atoms with Crippen LogP contribution >= 0.6 is 11.6 Å². The summed E-state index contributed by atoms with van der Waals surface area (Å²) in [6.07, 6.45) is 4.21. The number of rotatable bonds is 3. The predicted molar refractivity (Wildman–Crippen MR) is 107 cm³/mol. The monoisotopic (exact) mass is 418 g/mol. The number of aromatic nitrogens is 2. The maximum Gasteiger partial charge on any atom is 0.262 e. The molecule has 1 aromatic carbocycles. The van der Waals surface area contributed by atoms with Crippen molar-refractivity contribution in [3.8, 4) is 16.9 Å². The van der Waals surface area contributed by atoms with Crippen molar-refractivity contribution in [3.05, 3.63) is 41.8 Å². The number of sulfonamides is 1. The number of carbonyl (C=O) groups excluding carboxylic acids is 1. The van der Waals surface area contributed by atoms with Gasteiger partial charge in [0, 0.05) is 24.2 Å². The first-order valence-corrected chi connectivity index (χ1v) is 10.4. The molecule has 1 aliphatic rings. The third-order valence-electron chi connectivity index (χ3n) is 4.43. The van der Waals surface area contributed by atoms with Gasteiger partial charge in [0.25, 0.3) is 5.91 Å². The summed E-state index contributed by atoms with van der Waals surface area (Å²) in [6.45, 7) is -0.0673. The van der Waals surface area contributed by atoms with Crippen molar-refractivity contribution >= 4 is 49.8 Å². The van der Waals surface area contributed by atoms with Crippen molar-refractivity contribution in [1.29, 1.82) is 0 Å². The van der Waals surface area contributed by atoms with E-state index >= 15 is 0 Å². The van der Waals surface area contributed by atoms with Crippen LogP contribution in [0, 0.1) is 0 Å². The molecule has 0 spiro atoms. The van der Waals surface area contributed by atoms with Gasteiger partial charge < -0.3 is 10.1 Å². The summed E-state index contributed by atoms with van der Waals surface area (Å²) in [5.41, 5.74) is 2.94. The SMILES string of the molecule is CN(c1cc(-c2ccc3ncc4c(c3c2)OCC(=O)N4)cnc1Cl)S(C)(=O)=O. The van der Waals surface area contributed by atoms with Crippen LogP contribution in [0.4, 0.5) is 11.4 Å². The number of fused-ring (bicyclic) bond motifs is 3. The number of anilines is 2. The van der Waals surface area contributed by atoms with Gasteiger partial charge in [0.1, 0.15) is 5.69 Å². The molecular formula is C18H15ClN4O4S. The molecule has 28 heavy (non-hydrogen) atoms. The smallest absolute Gasteiger partial charge is 0.262 e. The lowest BCUT2D eigenvalue weighted by Crippen LogP contribution is -2.25. The van der Waals surface area contributed by atoms with E-state index in [0.29, 0.717) is 22.5 Å². The Hall–Kier alpha value is -2.91. The van der Waals surface area contributed by atoms with Crippen LogP contribution in [0.3, 0.4) is 0 Å². The summed E-state index contributed by atoms with van der Waals surface area (Å²) in [7, 11) is -2.07. The van der Waals surface area contributed by atoms with E-state index < -0.39 is 10.0 Å². The Labute approximate surface area is 166 Å². The highest BCUT2D eigenvalue weighted by atomic mass is 35.5. The Kier molecular flexibility index (Phi) is 4.35. The van der Waals surface area contributed by atoms with E-state index in [2.05, 4.69) is 15.3 Å². The number of benzene rings is 1. The third-order valence-corrected chi connectivity index (χ3v) is 5.91. The molecule has 2 aromatic heterocycles. The van der Waals surface area contributed by atoms with Gasteiger partial charge in [0.15, 0.2) is 17.5 Å². The number of amides is 1. The van der Waals surface area contributed by atoms with Gasteiger partial charge >= 0.3 is 0 Å². The lowest BCUT2D eigenvalue weighted by Gasteiger charge is -2.20. The maximum atomic E-state index is 11.9. The van der Waals surface area contributed by atoms with Crippen LogP contribution in [0.15, 0.2) is 36.7 Å². The summed E-state index contributed by atoms with van der Waals surface area (Å²) >= 11 is 6.10. The third kappa shape index (κ3) is 3.23. The molecule has 1 aliphatic heterocycles. The number of halogens is 1. The highest BCUT2D eigenvalue weighted by molar-refractivity contribution is 7.92. The molecule has 144 valence electrons. The molecule has 1 N–H and O–H groups in total. The van der Waals surface area contributed by atoms with Crippen LogP contribution < -0.4 is 14.4 Å². The Bertz CT molecular complexity index is 1230. The summed E-state index contributed by atoms with van der Waals surface area (Å²) in [4.78, 5) is 20.0. The largest absolute Gasteiger partial charge is 0.481 e. The Morgan fingerprint density at radius 1 is 1.18 bits per heavy atom. The minimum absolute atomic E-state index is 0.0673. The zero-order valence-electron chi connectivity index (χ0n) is 14.9. The summed E-state index contributed by atoms with van der Waals surface area (Å²) in [5.74, 6) is 0.307. The molecule has 4 rings (SSSR count). The molecule has 0 bridgehead atoms. The number of nitrogens with zero attached hydrogens (tertiary/aromatic N) is 3. The lowest BCUT2D eigenvalue weighted by molar-refractivity contribution is -0.118. The number of hydrogen-bond acceptors (Lipinski definition) is 6. The van der Waals surface area contributed by atoms with E-state index in [1.165, 1.54) is 7.05 Å². The van der Waals surface area contributed by atoms with E-state index in [1.54, 1.807) is 18.5 Å². The van der Waals surface area contributed by atoms with Crippen molar-refractivity contribution in [2.24, 2.45) is 0 Å². The molecule has 8 nitrogen and oxygen atoms in total. The second-order valence-electron chi connectivity index (χ2n) is 6.33. The second kappa shape index (κ2) is 6.61. The summed E-state index contributed by atoms with van der Waals surface area (Å²) in [6, 6.07) is 7.17. The summed E-state index contributed by atoms with van der Waals surface area (Å²) in [5, 5.41) is 3.54. The average molecular weight is 419 g/mol. The fraction of sp³-hybridized carbons (Fsp3) is 0.167. The molecule has 0 fully saturated rings. The van der Waals surface area contributed by atoms with Gasteiger partial charge in [-0.3, -0.25) is 14.1 Å². The van der Waals surface area contributed by atoms with Crippen molar-refractivity contribution < 1.29 is 17.9 Å². The zero-order chi connectivity index (χ0) is 20.1. The first kappa shape index (κ1) is 18.5. The molecule has 0 unspecified atom stereocenters. The highest BCUT2D eigenvalue weighted by Crippen LogP contribution is 2.37. The predicted octanol–water partition coefficient (Wildman–Crippen LogP) is 2.68. The Morgan fingerprint density at radius 2 is 1.96 bits per heavy atom. The molecule has 0 radical (unpaired) electrons. The van der Waals surface area contributed by atoms with Crippen molar-refractivity contribution in [1.82, 2.24) is 9.97 Å². The van der Waals surface area contributed by atoms with Crippen LogP contribution in [0.1, 0.15) is 0 Å². The van der Waals surface area contributed by atoms with Gasteiger partial charge in [-0.25, -0.2) is 13.4 Å². The number of nitrogens with one attached hydrogen (secondary N) is 1. The minimum atomic E-state index is -3.49. The van der Waals surface area contributed by atoms with Crippen LogP contribution in [0.25, 0.3) is 22.0 Å². The molecular weight excluding hydrogens is 404 g/mol. The van der Waals surface area contributed by atoms with E-state index in [0.717, 1.165) is 21.5 Å². The molecule has 0 saturated carbocycles. The number of hydrogen-bond donors (Lipinski definition) is 1. The molecule has 0 aliphatic carbocycles. The fourth-order valence-corrected chi connectivity index (χ4v) is 3.69. The van der Waals surface area contributed by atoms with Gasteiger partial charge in [-0.2, -0.15) is 0 Å². The molecule has 3 heterocycles. The van der Waals surface area contributed by atoms with Crippen molar-refractivity contribution in [3.63, 3.8) is 0 Å². The highest BCUT2D eigenvalue weighted by Gasteiger charge is 2.20. The van der Waals surface area contributed by atoms with Crippen LogP contribution in [-0.2, 0) is 14.8 Å². The first-order chi connectivity index (χ1) is 13.2. The van der Waals surface area contributed by atoms with Gasteiger partial charge in [0.2, 0.25) is 10.0 Å². The fourth-order valence-electron chi connectivity index (χ4n) is 2.91. The zero-order valence-corrected chi connectivity index (χ0v) is 16.5. The minimum Gasteiger partial charge on any atom is -0.481 e. The maximum absolute atomic E-state index is 11.9. The Balaban J connectivity index is 1.85. The number of carbonyl (C=O) groups is 1. The average Bonchev–Trinajstić information content (AvgIpc) is 2.66. The normalized spacial score (nSPS) is 13.6. The lowest BCUT2D eigenvalue weighted by atomic mass is 10.0. The van der Waals surface area contributed by atoms with E-state index in [1.807, 2.05) is 18.2 Å². The summed E-state index contributed by atoms with van der Waals surface area (Å²) < 4.78 is 30.4. The first-order valence-electron chi connectivity index (χ1n) is 8.19. The van der Waals surface area contributed by atoms with Gasteiger partial charge in [-0.05, 0) is 23.8 Å². The molecule has 0 atom stereocenters. The molecule has 3 aromatic rings. The quantitative estimate of drug-likeness (QED) is 0.656. The van der Waals surface area contributed by atoms with E-state index in [4.69, 9.17) is 16.3 Å². The van der Waals surface area contributed by atoms with Crippen LogP contribution in [-0.4, -0.2) is 44.2 Å². The van der Waals surface area contributed by atoms with Crippen molar-refractivity contribution in [2.45, 2.75) is 0 Å². The Morgan fingerprint density at radius 3 is 2.71 bits per heavy atom. The van der Waals surface area contributed by atoms with Crippen LogP contribution in [0.5, 0.6) is 5.75 Å². The van der Waals surface area contributed by atoms with Gasteiger partial charge in [-0.15, -0.1) is 0 Å². The van der Waals surface area contributed by atoms with Gasteiger partial charge in [-0.1, -0.05) is 17.7 Å². The van der Waals surface area contributed by atoms with E-state index in [9.17, 15) is 13.2 Å². The number of pyridine rings is 2. The van der Waals surface area contributed by atoms with Crippen molar-refractivity contribution in [2.75, 3.05) is 29.5 Å². The molecule has 10 heteroatoms. The molecule has 1 amide bonds. The van der Waals surface area contributed by atoms with E-state index in [-0.39, 0.29) is 23.4 Å².